The number of nitrogens with one attached hydrogen (secondary N) is 1. The van der Waals surface area contributed by atoms with Gasteiger partial charge in [-0.05, 0) is 42.7 Å². The zero-order valence-corrected chi connectivity index (χ0v) is 10.7. The number of benzene rings is 2. The minimum Gasteiger partial charge on any atom is -0.494 e. The third kappa shape index (κ3) is 3.81. The summed E-state index contributed by atoms with van der Waals surface area (Å²) in [5.74, 6) is 0.932. The van der Waals surface area contributed by atoms with Gasteiger partial charge in [0.05, 0.1) is 6.61 Å². The maximum Gasteiger partial charge on any atom is 0.119 e. The monoisotopic (exact) mass is 241 g/mol. The van der Waals surface area contributed by atoms with Gasteiger partial charge in [-0.1, -0.05) is 30.3 Å². The summed E-state index contributed by atoms with van der Waals surface area (Å²) in [6.07, 6.45) is 2.10. The molecule has 0 unspecified atom stereocenters. The molecule has 2 aromatic rings. The zero-order valence-electron chi connectivity index (χ0n) is 10.7. The van der Waals surface area contributed by atoms with Crippen LogP contribution in [0.15, 0.2) is 54.6 Å². The second-order valence-electron chi connectivity index (χ2n) is 4.21. The summed E-state index contributed by atoms with van der Waals surface area (Å²) >= 11 is 0. The maximum atomic E-state index is 5.70. The lowest BCUT2D eigenvalue weighted by atomic mass is 10.1. The molecule has 0 atom stereocenters. The minimum atomic E-state index is 0.758. The number of hydrogen-bond donors (Lipinski definition) is 1. The first kappa shape index (κ1) is 12.5. The summed E-state index contributed by atoms with van der Waals surface area (Å²) in [5.41, 5.74) is 2.47. The third-order valence-electron chi connectivity index (χ3n) is 2.86. The maximum absolute atomic E-state index is 5.70. The fraction of sp³-hybridized carbons (Fsp3) is 0.250. The van der Waals surface area contributed by atoms with E-state index in [2.05, 4.69) is 29.6 Å². The molecule has 2 rings (SSSR count). The Morgan fingerprint density at radius 1 is 0.944 bits per heavy atom. The van der Waals surface area contributed by atoms with Crippen LogP contribution in [0.25, 0.3) is 0 Å². The standard InChI is InChI=1S/C16H19NO/c1-17-15-9-11-16(12-10-15)18-13-5-8-14-6-3-2-4-7-14/h2-4,6-7,9-12,17H,5,8,13H2,1H3. The molecule has 2 heteroatoms. The average molecular weight is 241 g/mol. The van der Waals surface area contributed by atoms with Crippen molar-refractivity contribution in [3.63, 3.8) is 0 Å². The lowest BCUT2D eigenvalue weighted by Gasteiger charge is -2.07. The molecule has 0 fully saturated rings. The van der Waals surface area contributed by atoms with Crippen LogP contribution in [0.3, 0.4) is 0 Å². The highest BCUT2D eigenvalue weighted by atomic mass is 16.5. The van der Waals surface area contributed by atoms with Crippen molar-refractivity contribution in [1.82, 2.24) is 0 Å². The first-order valence-electron chi connectivity index (χ1n) is 6.33. The topological polar surface area (TPSA) is 21.3 Å². The first-order chi connectivity index (χ1) is 8.88. The highest BCUT2D eigenvalue weighted by molar-refractivity contribution is 5.45. The van der Waals surface area contributed by atoms with E-state index in [0.717, 1.165) is 30.9 Å². The fourth-order valence-electron chi connectivity index (χ4n) is 1.83. The van der Waals surface area contributed by atoms with Crippen molar-refractivity contribution in [1.29, 1.82) is 0 Å². The minimum absolute atomic E-state index is 0.758. The Morgan fingerprint density at radius 2 is 1.67 bits per heavy atom. The Balaban J connectivity index is 1.72. The number of aryl methyl sites for hydroxylation is 1. The molecule has 94 valence electrons. The van der Waals surface area contributed by atoms with E-state index < -0.39 is 0 Å². The Labute approximate surface area is 109 Å². The molecule has 2 nitrogen and oxygen atoms in total. The van der Waals surface area contributed by atoms with Gasteiger partial charge in [0.15, 0.2) is 0 Å². The summed E-state index contributed by atoms with van der Waals surface area (Å²) in [5, 5.41) is 3.09. The highest BCUT2D eigenvalue weighted by Crippen LogP contribution is 2.15. The molecule has 2 aromatic carbocycles. The van der Waals surface area contributed by atoms with E-state index in [1.165, 1.54) is 5.56 Å². The Morgan fingerprint density at radius 3 is 2.33 bits per heavy atom. The smallest absolute Gasteiger partial charge is 0.119 e. The van der Waals surface area contributed by atoms with Crippen molar-refractivity contribution >= 4 is 5.69 Å². The molecule has 18 heavy (non-hydrogen) atoms. The molecule has 0 aliphatic heterocycles. The summed E-state index contributed by atoms with van der Waals surface area (Å²) in [4.78, 5) is 0. The molecule has 0 amide bonds. The normalized spacial score (nSPS) is 10.1. The van der Waals surface area contributed by atoms with Crippen LogP contribution < -0.4 is 10.1 Å². The number of anilines is 1. The van der Waals surface area contributed by atoms with Crippen molar-refractivity contribution in [3.8, 4) is 5.75 Å². The van der Waals surface area contributed by atoms with E-state index in [1.807, 2.05) is 37.4 Å². The molecule has 0 aromatic heterocycles. The molecule has 0 aliphatic rings. The lowest BCUT2D eigenvalue weighted by molar-refractivity contribution is 0.311. The third-order valence-corrected chi connectivity index (χ3v) is 2.86. The van der Waals surface area contributed by atoms with Gasteiger partial charge in [0.1, 0.15) is 5.75 Å². The van der Waals surface area contributed by atoms with E-state index in [4.69, 9.17) is 4.74 Å². The van der Waals surface area contributed by atoms with Crippen LogP contribution in [-0.2, 0) is 6.42 Å². The predicted molar refractivity (Wildman–Crippen MR) is 76.2 cm³/mol. The zero-order chi connectivity index (χ0) is 12.6. The van der Waals surface area contributed by atoms with Gasteiger partial charge in [0.25, 0.3) is 0 Å². The van der Waals surface area contributed by atoms with Crippen molar-refractivity contribution in [2.24, 2.45) is 0 Å². The molecule has 0 heterocycles. The van der Waals surface area contributed by atoms with Crippen LogP contribution in [0.5, 0.6) is 5.75 Å². The van der Waals surface area contributed by atoms with Gasteiger partial charge in [0.2, 0.25) is 0 Å². The molecule has 1 N–H and O–H groups in total. The summed E-state index contributed by atoms with van der Waals surface area (Å²) in [7, 11) is 1.91. The van der Waals surface area contributed by atoms with Crippen molar-refractivity contribution in [2.75, 3.05) is 19.0 Å². The van der Waals surface area contributed by atoms with Crippen molar-refractivity contribution in [2.45, 2.75) is 12.8 Å². The second kappa shape index (κ2) is 6.70. The van der Waals surface area contributed by atoms with Crippen molar-refractivity contribution < 1.29 is 4.74 Å². The Kier molecular flexibility index (Phi) is 4.65. The Bertz CT molecular complexity index is 450. The van der Waals surface area contributed by atoms with Crippen LogP contribution >= 0.6 is 0 Å². The van der Waals surface area contributed by atoms with Gasteiger partial charge in [0, 0.05) is 12.7 Å². The molecule has 0 spiro atoms. The van der Waals surface area contributed by atoms with Crippen LogP contribution in [0.1, 0.15) is 12.0 Å². The quantitative estimate of drug-likeness (QED) is 0.778. The van der Waals surface area contributed by atoms with E-state index >= 15 is 0 Å². The number of rotatable bonds is 6. The lowest BCUT2D eigenvalue weighted by Crippen LogP contribution is -1.99. The summed E-state index contributed by atoms with van der Waals surface area (Å²) < 4.78 is 5.70. The molecular formula is C16H19NO. The number of hydrogen-bond acceptors (Lipinski definition) is 2. The van der Waals surface area contributed by atoms with Crippen LogP contribution in [0.4, 0.5) is 5.69 Å². The largest absolute Gasteiger partial charge is 0.494 e. The van der Waals surface area contributed by atoms with Gasteiger partial charge in [-0.2, -0.15) is 0 Å². The van der Waals surface area contributed by atoms with E-state index in [1.54, 1.807) is 0 Å². The first-order valence-corrected chi connectivity index (χ1v) is 6.33. The molecule has 0 saturated heterocycles. The average Bonchev–Trinajstić information content (AvgIpc) is 2.45. The second-order valence-corrected chi connectivity index (χ2v) is 4.21. The van der Waals surface area contributed by atoms with Gasteiger partial charge in [-0.3, -0.25) is 0 Å². The molecule has 0 aliphatic carbocycles. The van der Waals surface area contributed by atoms with Gasteiger partial charge in [-0.25, -0.2) is 0 Å². The summed E-state index contributed by atoms with van der Waals surface area (Å²) in [6.45, 7) is 0.758. The SMILES string of the molecule is CNc1ccc(OCCCc2ccccc2)cc1. The molecule has 0 saturated carbocycles. The Hall–Kier alpha value is -1.96. The van der Waals surface area contributed by atoms with E-state index in [9.17, 15) is 0 Å². The van der Waals surface area contributed by atoms with Crippen LogP contribution in [-0.4, -0.2) is 13.7 Å². The van der Waals surface area contributed by atoms with Crippen LogP contribution in [0.2, 0.25) is 0 Å². The van der Waals surface area contributed by atoms with Gasteiger partial charge >= 0.3 is 0 Å². The molecule has 0 bridgehead atoms. The van der Waals surface area contributed by atoms with Gasteiger partial charge < -0.3 is 10.1 Å². The van der Waals surface area contributed by atoms with E-state index in [-0.39, 0.29) is 0 Å². The predicted octanol–water partition coefficient (Wildman–Crippen LogP) is 3.74. The highest BCUT2D eigenvalue weighted by Gasteiger charge is 1.95. The van der Waals surface area contributed by atoms with Gasteiger partial charge in [-0.15, -0.1) is 0 Å². The van der Waals surface area contributed by atoms with E-state index in [0.29, 0.717) is 0 Å². The molecular weight excluding hydrogens is 222 g/mol. The van der Waals surface area contributed by atoms with Crippen LogP contribution in [0, 0.1) is 0 Å². The fourth-order valence-corrected chi connectivity index (χ4v) is 1.83. The number of ether oxygens (including phenoxy) is 1. The summed E-state index contributed by atoms with van der Waals surface area (Å²) in [6, 6.07) is 18.5. The van der Waals surface area contributed by atoms with Crippen molar-refractivity contribution in [3.05, 3.63) is 60.2 Å². The molecule has 0 radical (unpaired) electrons.